The van der Waals surface area contributed by atoms with Crippen LogP contribution in [0.15, 0.2) is 34.3 Å². The van der Waals surface area contributed by atoms with Crippen molar-refractivity contribution in [1.82, 2.24) is 10.1 Å². The van der Waals surface area contributed by atoms with Crippen LogP contribution in [0.4, 0.5) is 9.59 Å². The van der Waals surface area contributed by atoms with Crippen molar-refractivity contribution < 1.29 is 28.7 Å². The molecule has 1 heterocycles. The van der Waals surface area contributed by atoms with Gasteiger partial charge in [0.15, 0.2) is 0 Å². The number of nitrogens with zero attached hydrogens (tertiary/aromatic N) is 3. The number of hydrogen-bond donors (Lipinski definition) is 0. The first-order valence-corrected chi connectivity index (χ1v) is 11.3. The molecule has 1 aromatic carbocycles. The van der Waals surface area contributed by atoms with Crippen LogP contribution in [0, 0.1) is 0 Å². The number of ether oxygens (including phenoxy) is 2. The van der Waals surface area contributed by atoms with Gasteiger partial charge in [-0.15, -0.1) is 16.8 Å². The van der Waals surface area contributed by atoms with Gasteiger partial charge >= 0.3 is 12.2 Å². The van der Waals surface area contributed by atoms with Crippen LogP contribution in [0.25, 0.3) is 0 Å². The lowest BCUT2D eigenvalue weighted by Crippen LogP contribution is -2.61. The Morgan fingerprint density at radius 1 is 1.06 bits per heavy atom. The summed E-state index contributed by atoms with van der Waals surface area (Å²) in [7, 11) is 1.47. The number of likely N-dealkylation sites (N-methyl/N-ethyl adjacent to an activating group) is 1. The molecule has 176 valence electrons. The second-order valence-corrected chi connectivity index (χ2v) is 10.2. The van der Waals surface area contributed by atoms with E-state index in [2.05, 4.69) is 5.10 Å². The van der Waals surface area contributed by atoms with E-state index in [0.29, 0.717) is 10.6 Å². The third kappa shape index (κ3) is 5.53. The van der Waals surface area contributed by atoms with Gasteiger partial charge in [0.2, 0.25) is 5.54 Å². The molecule has 0 spiro atoms. The van der Waals surface area contributed by atoms with Crippen LogP contribution >= 0.6 is 11.8 Å². The molecule has 2 rings (SSSR count). The number of rotatable bonds is 3. The van der Waals surface area contributed by atoms with Crippen LogP contribution in [-0.2, 0) is 19.1 Å². The standard InChI is InChI=1S/C22H31N3O6S/c1-20(2,3)29-18(27)25(31-19(28)30-21(4,5)6)22(7)16(23-24(8)17(22)26)14-12-10-11-13-15(14)32-9/h10-13H,1-9H3. The van der Waals surface area contributed by atoms with Gasteiger partial charge in [-0.1, -0.05) is 18.2 Å². The molecule has 0 radical (unpaired) electrons. The van der Waals surface area contributed by atoms with Gasteiger partial charge in [-0.25, -0.2) is 14.6 Å². The molecule has 1 aromatic rings. The third-order valence-electron chi connectivity index (χ3n) is 4.30. The summed E-state index contributed by atoms with van der Waals surface area (Å²) >= 11 is 1.46. The van der Waals surface area contributed by atoms with E-state index < -0.39 is 34.9 Å². The Morgan fingerprint density at radius 3 is 2.16 bits per heavy atom. The topological polar surface area (TPSA) is 97.7 Å². The van der Waals surface area contributed by atoms with E-state index in [1.165, 1.54) is 25.7 Å². The summed E-state index contributed by atoms with van der Waals surface area (Å²) in [4.78, 5) is 45.2. The lowest BCUT2D eigenvalue weighted by Gasteiger charge is -2.36. The van der Waals surface area contributed by atoms with Crippen LogP contribution in [-0.4, -0.2) is 64.0 Å². The molecule has 0 aromatic heterocycles. The number of hydrazone groups is 1. The van der Waals surface area contributed by atoms with Crippen molar-refractivity contribution in [2.45, 2.75) is 70.1 Å². The number of carbonyl (C=O) groups is 3. The molecule has 2 amide bonds. The maximum Gasteiger partial charge on any atom is 0.534 e. The molecular formula is C22H31N3O6S. The fourth-order valence-corrected chi connectivity index (χ4v) is 3.61. The first kappa shape index (κ1) is 25.5. The second-order valence-electron chi connectivity index (χ2n) is 9.38. The number of thioether (sulfide) groups is 1. The minimum absolute atomic E-state index is 0.240. The first-order valence-electron chi connectivity index (χ1n) is 10.0. The summed E-state index contributed by atoms with van der Waals surface area (Å²) in [6.07, 6.45) is -0.284. The number of benzene rings is 1. The average molecular weight is 466 g/mol. The molecule has 1 aliphatic heterocycles. The van der Waals surface area contributed by atoms with Crippen molar-refractivity contribution >= 4 is 35.6 Å². The van der Waals surface area contributed by atoms with E-state index in [1.807, 2.05) is 18.4 Å². The summed E-state index contributed by atoms with van der Waals surface area (Å²) in [6.45, 7) is 11.4. The van der Waals surface area contributed by atoms with E-state index in [4.69, 9.17) is 14.3 Å². The van der Waals surface area contributed by atoms with Crippen molar-refractivity contribution in [3.8, 4) is 0 Å². The van der Waals surface area contributed by atoms with Gasteiger partial charge in [-0.3, -0.25) is 9.63 Å². The largest absolute Gasteiger partial charge is 0.534 e. The molecular weight excluding hydrogens is 434 g/mol. The lowest BCUT2D eigenvalue weighted by atomic mass is 9.90. The van der Waals surface area contributed by atoms with Gasteiger partial charge in [-0.2, -0.15) is 5.10 Å². The van der Waals surface area contributed by atoms with Gasteiger partial charge in [0, 0.05) is 17.5 Å². The Morgan fingerprint density at radius 2 is 1.62 bits per heavy atom. The predicted molar refractivity (Wildman–Crippen MR) is 121 cm³/mol. The molecule has 0 N–H and O–H groups in total. The summed E-state index contributed by atoms with van der Waals surface area (Å²) in [5.41, 5.74) is -2.72. The first-order chi connectivity index (χ1) is 14.6. The Balaban J connectivity index is 2.61. The number of amides is 2. The Labute approximate surface area is 193 Å². The monoisotopic (exact) mass is 465 g/mol. The van der Waals surface area contributed by atoms with Gasteiger partial charge in [-0.05, 0) is 60.8 Å². The molecule has 0 fully saturated rings. The van der Waals surface area contributed by atoms with Gasteiger partial charge in [0.05, 0.1) is 0 Å². The zero-order valence-electron chi connectivity index (χ0n) is 20.0. The third-order valence-corrected chi connectivity index (χ3v) is 5.10. The van der Waals surface area contributed by atoms with E-state index >= 15 is 0 Å². The van der Waals surface area contributed by atoms with Crippen LogP contribution in [0.1, 0.15) is 54.0 Å². The van der Waals surface area contributed by atoms with E-state index in [1.54, 1.807) is 53.7 Å². The van der Waals surface area contributed by atoms with Crippen LogP contribution < -0.4 is 0 Å². The molecule has 0 saturated carbocycles. The number of carbonyl (C=O) groups excluding carboxylic acids is 3. The maximum absolute atomic E-state index is 13.3. The molecule has 1 aliphatic rings. The summed E-state index contributed by atoms with van der Waals surface area (Å²) in [5.74, 6) is -0.571. The highest BCUT2D eigenvalue weighted by molar-refractivity contribution is 7.98. The normalized spacial score (nSPS) is 18.8. The van der Waals surface area contributed by atoms with Crippen molar-refractivity contribution in [2.24, 2.45) is 5.10 Å². The van der Waals surface area contributed by atoms with Crippen LogP contribution in [0.3, 0.4) is 0 Å². The van der Waals surface area contributed by atoms with Gasteiger partial charge in [0.1, 0.15) is 16.9 Å². The zero-order chi connectivity index (χ0) is 24.5. The fourth-order valence-electron chi connectivity index (χ4n) is 3.01. The predicted octanol–water partition coefficient (Wildman–Crippen LogP) is 4.45. The van der Waals surface area contributed by atoms with E-state index in [0.717, 1.165) is 9.90 Å². The van der Waals surface area contributed by atoms with Crippen molar-refractivity contribution in [3.63, 3.8) is 0 Å². The number of hydrogen-bond acceptors (Lipinski definition) is 8. The van der Waals surface area contributed by atoms with Crippen LogP contribution in [0.5, 0.6) is 0 Å². The molecule has 1 unspecified atom stereocenters. The van der Waals surface area contributed by atoms with Gasteiger partial charge < -0.3 is 9.47 Å². The van der Waals surface area contributed by atoms with Crippen molar-refractivity contribution in [1.29, 1.82) is 0 Å². The highest BCUT2D eigenvalue weighted by Crippen LogP contribution is 2.35. The number of hydroxylamine groups is 2. The highest BCUT2D eigenvalue weighted by atomic mass is 32.2. The summed E-state index contributed by atoms with van der Waals surface area (Å²) < 4.78 is 10.7. The molecule has 10 heteroatoms. The Kier molecular flexibility index (Phi) is 7.18. The molecule has 32 heavy (non-hydrogen) atoms. The molecule has 9 nitrogen and oxygen atoms in total. The average Bonchev–Trinajstić information content (AvgIpc) is 2.88. The van der Waals surface area contributed by atoms with Crippen molar-refractivity contribution in [2.75, 3.05) is 13.3 Å². The Bertz CT molecular complexity index is 934. The molecule has 0 bridgehead atoms. The van der Waals surface area contributed by atoms with E-state index in [-0.39, 0.29) is 5.71 Å². The smallest absolute Gasteiger partial charge is 0.442 e. The quantitative estimate of drug-likeness (QED) is 0.370. The Hall–Kier alpha value is -2.75. The molecule has 0 saturated heterocycles. The second kappa shape index (κ2) is 9.01. The van der Waals surface area contributed by atoms with Crippen LogP contribution in [0.2, 0.25) is 0 Å². The zero-order valence-corrected chi connectivity index (χ0v) is 20.8. The molecule has 0 aliphatic carbocycles. The highest BCUT2D eigenvalue weighted by Gasteiger charge is 2.57. The SMILES string of the molecule is CSc1ccccc1C1=NN(C)C(=O)C1(C)N(OC(=O)OC(C)(C)C)C(=O)OC(C)(C)C. The van der Waals surface area contributed by atoms with Gasteiger partial charge in [0.25, 0.3) is 5.91 Å². The lowest BCUT2D eigenvalue weighted by molar-refractivity contribution is -0.176. The minimum Gasteiger partial charge on any atom is -0.442 e. The van der Waals surface area contributed by atoms with Crippen molar-refractivity contribution in [3.05, 3.63) is 29.8 Å². The fraction of sp³-hybridized carbons (Fsp3) is 0.545. The summed E-state index contributed by atoms with van der Waals surface area (Å²) in [6, 6.07) is 7.32. The molecule has 1 atom stereocenters. The summed E-state index contributed by atoms with van der Waals surface area (Å²) in [5, 5.41) is 6.12. The maximum atomic E-state index is 13.3. The van der Waals surface area contributed by atoms with E-state index in [9.17, 15) is 14.4 Å². The minimum atomic E-state index is -1.79.